The molecule has 0 amide bonds. The number of rotatable bonds is 23. The largest absolute Gasteiger partial charge is 0.479 e. The fourth-order valence-corrected chi connectivity index (χ4v) is 6.62. The molecule has 0 saturated carbocycles. The second kappa shape index (κ2) is 20.4. The molecule has 0 heterocycles. The number of hydrogen-bond acceptors (Lipinski definition) is 5. The Morgan fingerprint density at radius 1 is 0.973 bits per heavy atom. The van der Waals surface area contributed by atoms with E-state index >= 15 is 0 Å². The van der Waals surface area contributed by atoms with Gasteiger partial charge in [0.2, 0.25) is 0 Å². The van der Waals surface area contributed by atoms with Crippen molar-refractivity contribution >= 4 is 36.9 Å². The van der Waals surface area contributed by atoms with E-state index in [1.54, 1.807) is 0 Å². The Labute approximate surface area is 233 Å². The first-order valence-corrected chi connectivity index (χ1v) is 17.2. The average Bonchev–Trinajstić information content (AvgIpc) is 2.86. The second-order valence-electron chi connectivity index (χ2n) is 9.71. The number of hydrogen-bond donors (Lipinski definition) is 2. The van der Waals surface area contributed by atoms with E-state index in [1.165, 1.54) is 56.5 Å². The lowest BCUT2D eigenvalue weighted by atomic mass is 9.88. The van der Waals surface area contributed by atoms with E-state index in [9.17, 15) is 19.4 Å². The van der Waals surface area contributed by atoms with Gasteiger partial charge in [-0.2, -0.15) is 11.8 Å². The van der Waals surface area contributed by atoms with Crippen molar-refractivity contribution in [2.75, 3.05) is 24.3 Å². The number of thioether (sulfide) groups is 1. The summed E-state index contributed by atoms with van der Waals surface area (Å²) in [5, 5.41) is 10.3. The van der Waals surface area contributed by atoms with E-state index in [0.717, 1.165) is 24.8 Å². The SMILES string of the molecule is CCCCCCSCCCCCCCC(c1ccc(Cl)cc1)C(C)OC(CP(=O)(O)OCCC)C(=O)O. The summed E-state index contributed by atoms with van der Waals surface area (Å²) in [6, 6.07) is 7.54. The van der Waals surface area contributed by atoms with Crippen LogP contribution in [-0.2, 0) is 18.6 Å². The molecule has 0 fully saturated rings. The molecule has 0 aliphatic rings. The van der Waals surface area contributed by atoms with Crippen LogP contribution in [0.3, 0.4) is 0 Å². The number of ether oxygens (including phenoxy) is 1. The lowest BCUT2D eigenvalue weighted by Crippen LogP contribution is -2.34. The van der Waals surface area contributed by atoms with Gasteiger partial charge in [-0.25, -0.2) is 4.79 Å². The third-order valence-corrected chi connectivity index (χ3v) is 9.14. The van der Waals surface area contributed by atoms with Crippen molar-refractivity contribution in [3.63, 3.8) is 0 Å². The Bertz CT molecular complexity index is 778. The molecule has 1 rings (SSSR count). The van der Waals surface area contributed by atoms with Gasteiger partial charge >= 0.3 is 13.6 Å². The van der Waals surface area contributed by atoms with E-state index in [1.807, 2.05) is 38.1 Å². The topological polar surface area (TPSA) is 93.1 Å². The third kappa shape index (κ3) is 16.2. The first-order chi connectivity index (χ1) is 17.7. The number of carbonyl (C=O) groups is 1. The lowest BCUT2D eigenvalue weighted by Gasteiger charge is -2.28. The van der Waals surface area contributed by atoms with Crippen LogP contribution in [0, 0.1) is 0 Å². The van der Waals surface area contributed by atoms with Gasteiger partial charge < -0.3 is 19.3 Å². The number of carboxylic acids is 1. The molecule has 0 saturated heterocycles. The standard InChI is InChI=1S/C28H48ClO6PS/c1-4-6-7-12-20-37-21-13-10-8-9-11-14-26(24-15-17-25(29)18-16-24)23(3)35-27(28(30)31)22-36(32,33)34-19-5-2/h15-18,23,26-27H,4-14,19-22H2,1-3H3,(H,30,31)(H,32,33). The van der Waals surface area contributed by atoms with Crippen LogP contribution in [-0.4, -0.2) is 52.5 Å². The maximum Gasteiger partial charge on any atom is 0.333 e. The first kappa shape index (κ1) is 34.5. The number of carboxylic acid groups (broad SMARTS) is 1. The van der Waals surface area contributed by atoms with Gasteiger partial charge in [-0.15, -0.1) is 0 Å². The van der Waals surface area contributed by atoms with Crippen molar-refractivity contribution in [1.82, 2.24) is 0 Å². The first-order valence-electron chi connectivity index (χ1n) is 13.9. The van der Waals surface area contributed by atoms with E-state index in [0.29, 0.717) is 11.4 Å². The van der Waals surface area contributed by atoms with Gasteiger partial charge in [-0.05, 0) is 61.8 Å². The van der Waals surface area contributed by atoms with Crippen molar-refractivity contribution in [2.45, 2.75) is 110 Å². The minimum Gasteiger partial charge on any atom is -0.479 e. The van der Waals surface area contributed by atoms with Crippen LogP contribution >= 0.6 is 31.0 Å². The predicted octanol–water partition coefficient (Wildman–Crippen LogP) is 8.55. The average molecular weight is 579 g/mol. The number of halogens is 1. The highest BCUT2D eigenvalue weighted by molar-refractivity contribution is 7.99. The lowest BCUT2D eigenvalue weighted by molar-refractivity contribution is -0.153. The summed E-state index contributed by atoms with van der Waals surface area (Å²) in [4.78, 5) is 21.9. The fourth-order valence-electron chi connectivity index (χ4n) is 4.24. The van der Waals surface area contributed by atoms with E-state index in [4.69, 9.17) is 20.9 Å². The van der Waals surface area contributed by atoms with Gasteiger partial charge in [0.05, 0.1) is 18.9 Å². The molecule has 0 bridgehead atoms. The smallest absolute Gasteiger partial charge is 0.333 e. The second-order valence-corrected chi connectivity index (χ2v) is 13.3. The normalized spacial score (nSPS) is 15.7. The van der Waals surface area contributed by atoms with Gasteiger partial charge in [0.1, 0.15) is 0 Å². The molecule has 0 aliphatic carbocycles. The minimum atomic E-state index is -4.06. The number of benzene rings is 1. The zero-order valence-corrected chi connectivity index (χ0v) is 25.4. The molecule has 1 aromatic rings. The Morgan fingerprint density at radius 2 is 1.57 bits per heavy atom. The Kier molecular flexibility index (Phi) is 19.0. The highest BCUT2D eigenvalue weighted by atomic mass is 35.5. The van der Waals surface area contributed by atoms with E-state index < -0.39 is 31.9 Å². The van der Waals surface area contributed by atoms with Gasteiger partial charge in [0.15, 0.2) is 6.10 Å². The summed E-state index contributed by atoms with van der Waals surface area (Å²) in [6.07, 6.45) is 10.0. The van der Waals surface area contributed by atoms with Crippen LogP contribution in [0.15, 0.2) is 24.3 Å². The molecule has 214 valence electrons. The molecule has 1 aromatic carbocycles. The van der Waals surface area contributed by atoms with Crippen LogP contribution in [0.25, 0.3) is 0 Å². The van der Waals surface area contributed by atoms with Crippen molar-refractivity contribution < 1.29 is 28.6 Å². The Morgan fingerprint density at radius 3 is 2.16 bits per heavy atom. The van der Waals surface area contributed by atoms with Crippen LogP contribution in [0.5, 0.6) is 0 Å². The van der Waals surface area contributed by atoms with Crippen LogP contribution in [0.2, 0.25) is 5.02 Å². The Hall–Kier alpha value is -0.560. The fraction of sp³-hybridized carbons (Fsp3) is 0.750. The highest BCUT2D eigenvalue weighted by Gasteiger charge is 2.33. The van der Waals surface area contributed by atoms with Gasteiger partial charge in [-0.3, -0.25) is 4.57 Å². The van der Waals surface area contributed by atoms with Crippen LogP contribution < -0.4 is 0 Å². The highest BCUT2D eigenvalue weighted by Crippen LogP contribution is 2.43. The molecule has 0 radical (unpaired) electrons. The molecule has 2 N–H and O–H groups in total. The monoisotopic (exact) mass is 578 g/mol. The molecule has 9 heteroatoms. The summed E-state index contributed by atoms with van der Waals surface area (Å²) in [6.45, 7) is 5.99. The summed E-state index contributed by atoms with van der Waals surface area (Å²) in [7, 11) is -4.06. The Balaban J connectivity index is 2.58. The van der Waals surface area contributed by atoms with Gasteiger partial charge in [0.25, 0.3) is 0 Å². The number of aliphatic carboxylic acids is 1. The van der Waals surface area contributed by atoms with E-state index in [-0.39, 0.29) is 12.5 Å². The predicted molar refractivity (Wildman–Crippen MR) is 156 cm³/mol. The molecule has 6 nitrogen and oxygen atoms in total. The molecule has 37 heavy (non-hydrogen) atoms. The molecular weight excluding hydrogens is 531 g/mol. The zero-order valence-electron chi connectivity index (χ0n) is 22.9. The molecule has 4 atom stereocenters. The van der Waals surface area contributed by atoms with E-state index in [2.05, 4.69) is 18.7 Å². The summed E-state index contributed by atoms with van der Waals surface area (Å²) >= 11 is 8.15. The molecular formula is C28H48ClO6PS. The van der Waals surface area contributed by atoms with Crippen molar-refractivity contribution in [3.8, 4) is 0 Å². The zero-order chi connectivity index (χ0) is 27.5. The van der Waals surface area contributed by atoms with Crippen molar-refractivity contribution in [2.24, 2.45) is 0 Å². The summed E-state index contributed by atoms with van der Waals surface area (Å²) in [5.41, 5.74) is 1.02. The molecule has 0 aromatic heterocycles. The third-order valence-electron chi connectivity index (χ3n) is 6.36. The quantitative estimate of drug-likeness (QED) is 0.0992. The van der Waals surface area contributed by atoms with Crippen molar-refractivity contribution in [1.29, 1.82) is 0 Å². The molecule has 4 unspecified atom stereocenters. The molecule has 0 spiro atoms. The van der Waals surface area contributed by atoms with Crippen molar-refractivity contribution in [3.05, 3.63) is 34.9 Å². The van der Waals surface area contributed by atoms with Gasteiger partial charge in [-0.1, -0.05) is 82.5 Å². The van der Waals surface area contributed by atoms with Crippen LogP contribution in [0.4, 0.5) is 0 Å². The maximum atomic E-state index is 12.3. The maximum absolute atomic E-state index is 12.3. The molecule has 0 aliphatic heterocycles. The minimum absolute atomic E-state index is 0.0487. The van der Waals surface area contributed by atoms with Crippen LogP contribution in [0.1, 0.15) is 103 Å². The van der Waals surface area contributed by atoms with Gasteiger partial charge in [0, 0.05) is 10.9 Å². The summed E-state index contributed by atoms with van der Waals surface area (Å²) < 4.78 is 23.2. The number of unbranched alkanes of at least 4 members (excludes halogenated alkanes) is 7. The summed E-state index contributed by atoms with van der Waals surface area (Å²) in [5.74, 6) is 1.19.